The number of nitrogens with one attached hydrogen (secondary N) is 1. The van der Waals surface area contributed by atoms with E-state index in [1.54, 1.807) is 23.1 Å². The molecule has 4 aromatic rings. The second kappa shape index (κ2) is 13.9. The second-order valence-electron chi connectivity index (χ2n) is 13.2. The van der Waals surface area contributed by atoms with Crippen molar-refractivity contribution in [1.82, 2.24) is 24.8 Å². The average molecular weight is 670 g/mol. The SMILES string of the molecule is Cc1cccc(C)c1-c1cc2nc(n1)NS(=O)(=O)c1cccc(c1)C(=O)N(Cc1ccc(N3CCN(C)CC3)nc1)[C@H](CC(C)C)CO2. The Hall–Kier alpha value is -4.55. The maximum atomic E-state index is 14.4. The lowest BCUT2D eigenvalue weighted by Crippen LogP contribution is -2.45. The first-order valence-corrected chi connectivity index (χ1v) is 17.9. The number of pyridine rings is 1. The van der Waals surface area contributed by atoms with E-state index in [0.717, 1.165) is 54.3 Å². The van der Waals surface area contributed by atoms with Crippen LogP contribution in [0.1, 0.15) is 47.3 Å². The number of nitrogens with zero attached hydrogens (tertiary/aromatic N) is 6. The van der Waals surface area contributed by atoms with E-state index in [9.17, 15) is 13.2 Å². The lowest BCUT2D eigenvalue weighted by molar-refractivity contribution is 0.0553. The van der Waals surface area contributed by atoms with Crippen molar-refractivity contribution in [1.29, 1.82) is 0 Å². The number of piperazine rings is 1. The van der Waals surface area contributed by atoms with Crippen molar-refractivity contribution in [3.05, 3.63) is 89.1 Å². The highest BCUT2D eigenvalue weighted by Crippen LogP contribution is 2.30. The zero-order chi connectivity index (χ0) is 34.0. The molecule has 6 rings (SSSR count). The topological polar surface area (TPSA) is 121 Å². The summed E-state index contributed by atoms with van der Waals surface area (Å²) in [5.41, 5.74) is 4.51. The van der Waals surface area contributed by atoms with E-state index >= 15 is 0 Å². The van der Waals surface area contributed by atoms with Gasteiger partial charge < -0.3 is 19.4 Å². The van der Waals surface area contributed by atoms with Crippen molar-refractivity contribution in [2.45, 2.75) is 51.6 Å². The number of hydrogen-bond acceptors (Lipinski definition) is 9. The number of benzene rings is 2. The van der Waals surface area contributed by atoms with Crippen LogP contribution in [0.2, 0.25) is 0 Å². The highest BCUT2D eigenvalue weighted by molar-refractivity contribution is 7.92. The van der Waals surface area contributed by atoms with Gasteiger partial charge in [0.15, 0.2) is 0 Å². The molecule has 1 saturated heterocycles. The Balaban J connectivity index is 1.40. The van der Waals surface area contributed by atoms with Gasteiger partial charge in [0.1, 0.15) is 12.4 Å². The first-order valence-electron chi connectivity index (χ1n) is 16.4. The molecular weight excluding hydrogens is 627 g/mol. The standard InChI is InChI=1S/C36H43N7O4S/c1-24(2)18-29-23-47-33-20-31(34-25(3)8-6-9-26(34)4)38-36(39-33)40-48(45,46)30-11-7-10-28(19-30)35(44)43(29)22-27-12-13-32(37-21-27)42-16-14-41(5)15-17-42/h6-13,19-21,24,29H,14-18,22-23H2,1-5H3,(H,38,39,40)/t29-/m1/s1. The van der Waals surface area contributed by atoms with Crippen LogP contribution in [0.5, 0.6) is 5.88 Å². The Morgan fingerprint density at radius 3 is 2.38 bits per heavy atom. The highest BCUT2D eigenvalue weighted by atomic mass is 32.2. The van der Waals surface area contributed by atoms with E-state index in [0.29, 0.717) is 12.1 Å². The van der Waals surface area contributed by atoms with E-state index < -0.39 is 10.0 Å². The summed E-state index contributed by atoms with van der Waals surface area (Å²) < 4.78 is 36.2. The van der Waals surface area contributed by atoms with Crippen molar-refractivity contribution in [3.63, 3.8) is 0 Å². The third-order valence-electron chi connectivity index (χ3n) is 8.91. The molecule has 48 heavy (non-hydrogen) atoms. The number of likely N-dealkylation sites (N-methyl/N-ethyl adjacent to an activating group) is 1. The first-order chi connectivity index (χ1) is 23.0. The molecular formula is C36H43N7O4S. The largest absolute Gasteiger partial charge is 0.475 e. The molecule has 2 aliphatic heterocycles. The van der Waals surface area contributed by atoms with E-state index in [1.807, 2.05) is 50.4 Å². The molecule has 2 aromatic carbocycles. The second-order valence-corrected chi connectivity index (χ2v) is 14.8. The molecule has 11 nitrogen and oxygen atoms in total. The number of carbonyl (C=O) groups is 1. The number of anilines is 2. The summed E-state index contributed by atoms with van der Waals surface area (Å²) in [6.07, 6.45) is 2.48. The van der Waals surface area contributed by atoms with Crippen LogP contribution in [0, 0.1) is 19.8 Å². The number of rotatable bonds is 6. The lowest BCUT2D eigenvalue weighted by Gasteiger charge is -2.34. The smallest absolute Gasteiger partial charge is 0.264 e. The number of carbonyl (C=O) groups excluding carboxylic acids is 1. The fourth-order valence-corrected chi connectivity index (χ4v) is 7.33. The number of aromatic nitrogens is 3. The molecule has 4 bridgehead atoms. The molecule has 12 heteroatoms. The minimum Gasteiger partial charge on any atom is -0.475 e. The van der Waals surface area contributed by atoms with E-state index in [4.69, 9.17) is 9.72 Å². The van der Waals surface area contributed by atoms with Crippen LogP contribution in [0.3, 0.4) is 0 Å². The molecule has 0 spiro atoms. The van der Waals surface area contributed by atoms with Crippen molar-refractivity contribution >= 4 is 27.7 Å². The number of sulfonamides is 1. The summed E-state index contributed by atoms with van der Waals surface area (Å²) >= 11 is 0. The van der Waals surface area contributed by atoms with Gasteiger partial charge in [-0.2, -0.15) is 4.98 Å². The molecule has 0 saturated carbocycles. The summed E-state index contributed by atoms with van der Waals surface area (Å²) in [5.74, 6) is 0.963. The molecule has 1 N–H and O–H groups in total. The van der Waals surface area contributed by atoms with Gasteiger partial charge in [-0.05, 0) is 74.2 Å². The summed E-state index contributed by atoms with van der Waals surface area (Å²) in [4.78, 5) is 34.5. The van der Waals surface area contributed by atoms with Crippen LogP contribution in [0.4, 0.5) is 11.8 Å². The zero-order valence-electron chi connectivity index (χ0n) is 28.2. The Labute approximate surface area is 283 Å². The van der Waals surface area contributed by atoms with Gasteiger partial charge >= 0.3 is 0 Å². The van der Waals surface area contributed by atoms with Crippen molar-refractivity contribution < 1.29 is 17.9 Å². The summed E-state index contributed by atoms with van der Waals surface area (Å²) in [5, 5.41) is 0. The molecule has 1 amide bonds. The van der Waals surface area contributed by atoms with Gasteiger partial charge in [0.05, 0.1) is 16.6 Å². The summed E-state index contributed by atoms with van der Waals surface area (Å²) in [6.45, 7) is 12.4. The van der Waals surface area contributed by atoms with Crippen molar-refractivity contribution in [2.24, 2.45) is 5.92 Å². The van der Waals surface area contributed by atoms with Gasteiger partial charge in [0, 0.05) is 56.1 Å². The van der Waals surface area contributed by atoms with Gasteiger partial charge in [-0.15, -0.1) is 0 Å². The molecule has 0 unspecified atom stereocenters. The Bertz CT molecular complexity index is 1870. The Kier molecular flexibility index (Phi) is 9.66. The Morgan fingerprint density at radius 2 is 1.69 bits per heavy atom. The van der Waals surface area contributed by atoms with Crippen LogP contribution >= 0.6 is 0 Å². The zero-order valence-corrected chi connectivity index (χ0v) is 29.0. The lowest BCUT2D eigenvalue weighted by atomic mass is 10.00. The van der Waals surface area contributed by atoms with Gasteiger partial charge in [-0.1, -0.05) is 44.2 Å². The molecule has 1 atom stereocenters. The van der Waals surface area contributed by atoms with Crippen molar-refractivity contribution in [2.75, 3.05) is 49.5 Å². The van der Waals surface area contributed by atoms with E-state index in [-0.39, 0.29) is 53.3 Å². The summed E-state index contributed by atoms with van der Waals surface area (Å²) in [6, 6.07) is 17.4. The quantitative estimate of drug-likeness (QED) is 0.297. The fourth-order valence-electron chi connectivity index (χ4n) is 6.34. The van der Waals surface area contributed by atoms with Gasteiger partial charge in [-0.3, -0.25) is 4.79 Å². The van der Waals surface area contributed by atoms with Gasteiger partial charge in [-0.25, -0.2) is 23.1 Å². The molecule has 2 aromatic heterocycles. The normalized spacial score (nSPS) is 18.4. The molecule has 1 fully saturated rings. The fraction of sp³-hybridized carbons (Fsp3) is 0.389. The maximum absolute atomic E-state index is 14.4. The first kappa shape index (κ1) is 33.4. The van der Waals surface area contributed by atoms with Crippen LogP contribution in [-0.2, 0) is 16.6 Å². The van der Waals surface area contributed by atoms with Gasteiger partial charge in [0.2, 0.25) is 11.8 Å². The summed E-state index contributed by atoms with van der Waals surface area (Å²) in [7, 11) is -2.03. The van der Waals surface area contributed by atoms with Crippen LogP contribution in [0.25, 0.3) is 11.3 Å². The third-order valence-corrected chi connectivity index (χ3v) is 10.2. The predicted octanol–water partition coefficient (Wildman–Crippen LogP) is 5.16. The van der Waals surface area contributed by atoms with E-state index in [1.165, 1.54) is 12.1 Å². The van der Waals surface area contributed by atoms with Crippen LogP contribution < -0.4 is 14.4 Å². The average Bonchev–Trinajstić information content (AvgIpc) is 3.05. The third kappa shape index (κ3) is 7.44. The molecule has 252 valence electrons. The van der Waals surface area contributed by atoms with E-state index in [2.05, 4.69) is 45.4 Å². The highest BCUT2D eigenvalue weighted by Gasteiger charge is 2.29. The number of amides is 1. The molecule has 0 radical (unpaired) electrons. The van der Waals surface area contributed by atoms with Gasteiger partial charge in [0.25, 0.3) is 15.9 Å². The molecule has 4 heterocycles. The maximum Gasteiger partial charge on any atom is 0.264 e. The number of hydrogen-bond donors (Lipinski definition) is 1. The monoisotopic (exact) mass is 669 g/mol. The number of fused-ring (bicyclic) bond motifs is 4. The Morgan fingerprint density at radius 1 is 0.958 bits per heavy atom. The number of aryl methyl sites for hydroxylation is 2. The minimum absolute atomic E-state index is 0.0605. The minimum atomic E-state index is -4.15. The van der Waals surface area contributed by atoms with Crippen molar-refractivity contribution in [3.8, 4) is 17.1 Å². The molecule has 0 aliphatic carbocycles. The molecule has 2 aliphatic rings. The van der Waals surface area contributed by atoms with Crippen LogP contribution in [0.15, 0.2) is 71.8 Å². The number of ether oxygens (including phenoxy) is 1. The van der Waals surface area contributed by atoms with Crippen LogP contribution in [-0.4, -0.2) is 85.0 Å². The predicted molar refractivity (Wildman–Crippen MR) is 187 cm³/mol.